The number of nitrogens with one attached hydrogen (secondary N) is 1. The van der Waals surface area contributed by atoms with Crippen molar-refractivity contribution in [1.82, 2.24) is 20.1 Å². The molecule has 0 bridgehead atoms. The second-order valence-electron chi connectivity index (χ2n) is 6.83. The fourth-order valence-electron chi connectivity index (χ4n) is 3.67. The SMILES string of the molecule is CNC(=O)Cc1nc(CN2CC[C@@H](CN3CCCCC3)C2)cs1. The molecule has 23 heavy (non-hydrogen) atoms. The van der Waals surface area contributed by atoms with Crippen molar-refractivity contribution >= 4 is 17.2 Å². The van der Waals surface area contributed by atoms with E-state index in [1.54, 1.807) is 18.4 Å². The second kappa shape index (κ2) is 8.22. The van der Waals surface area contributed by atoms with Crippen LogP contribution in [0.5, 0.6) is 0 Å². The van der Waals surface area contributed by atoms with Crippen LogP contribution < -0.4 is 5.32 Å². The number of hydrogen-bond acceptors (Lipinski definition) is 5. The van der Waals surface area contributed by atoms with Gasteiger partial charge in [0.05, 0.1) is 12.1 Å². The van der Waals surface area contributed by atoms with Gasteiger partial charge in [-0.2, -0.15) is 0 Å². The van der Waals surface area contributed by atoms with Crippen LogP contribution in [0, 0.1) is 5.92 Å². The first-order valence-corrected chi connectivity index (χ1v) is 9.69. The lowest BCUT2D eigenvalue weighted by molar-refractivity contribution is -0.119. The number of rotatable bonds is 6. The summed E-state index contributed by atoms with van der Waals surface area (Å²) in [6.45, 7) is 7.17. The van der Waals surface area contributed by atoms with Crippen molar-refractivity contribution in [2.45, 2.75) is 38.6 Å². The van der Waals surface area contributed by atoms with E-state index in [4.69, 9.17) is 0 Å². The molecule has 0 aliphatic carbocycles. The molecule has 2 saturated heterocycles. The number of amides is 1. The number of nitrogens with zero attached hydrogens (tertiary/aromatic N) is 3. The number of carbonyl (C=O) groups is 1. The standard InChI is InChI=1S/C17H28N4OS/c1-18-16(22)9-17-19-15(13-23-17)12-21-8-5-14(11-21)10-20-6-3-2-4-7-20/h13-14H,2-12H2,1H3,(H,18,22)/t14-/m0/s1. The molecule has 2 aliphatic rings. The summed E-state index contributed by atoms with van der Waals surface area (Å²) in [5.41, 5.74) is 1.12. The van der Waals surface area contributed by atoms with E-state index in [1.807, 2.05) is 0 Å². The molecule has 1 aromatic rings. The van der Waals surface area contributed by atoms with Crippen molar-refractivity contribution in [1.29, 1.82) is 0 Å². The summed E-state index contributed by atoms with van der Waals surface area (Å²) in [4.78, 5) is 21.2. The summed E-state index contributed by atoms with van der Waals surface area (Å²) in [7, 11) is 1.67. The van der Waals surface area contributed by atoms with Gasteiger partial charge < -0.3 is 10.2 Å². The monoisotopic (exact) mass is 336 g/mol. The lowest BCUT2D eigenvalue weighted by atomic mass is 10.1. The number of carbonyl (C=O) groups excluding carboxylic acids is 1. The van der Waals surface area contributed by atoms with Gasteiger partial charge in [0, 0.05) is 32.1 Å². The molecule has 0 aromatic carbocycles. The van der Waals surface area contributed by atoms with Crippen LogP contribution >= 0.6 is 11.3 Å². The van der Waals surface area contributed by atoms with E-state index >= 15 is 0 Å². The van der Waals surface area contributed by atoms with Crippen LogP contribution in [0.4, 0.5) is 0 Å². The average Bonchev–Trinajstić information content (AvgIpc) is 3.18. The Hall–Kier alpha value is -0.980. The summed E-state index contributed by atoms with van der Waals surface area (Å²) in [6.07, 6.45) is 5.88. The summed E-state index contributed by atoms with van der Waals surface area (Å²) in [6, 6.07) is 0. The summed E-state index contributed by atoms with van der Waals surface area (Å²) < 4.78 is 0. The van der Waals surface area contributed by atoms with Gasteiger partial charge in [0.1, 0.15) is 5.01 Å². The smallest absolute Gasteiger partial charge is 0.226 e. The Morgan fingerprint density at radius 3 is 2.91 bits per heavy atom. The van der Waals surface area contributed by atoms with E-state index in [0.717, 1.165) is 23.2 Å². The third-order valence-corrected chi connectivity index (χ3v) is 5.81. The van der Waals surface area contributed by atoms with Gasteiger partial charge in [-0.1, -0.05) is 6.42 Å². The van der Waals surface area contributed by atoms with Crippen LogP contribution in [0.3, 0.4) is 0 Å². The van der Waals surface area contributed by atoms with Crippen LogP contribution in [0.15, 0.2) is 5.38 Å². The number of likely N-dealkylation sites (tertiary alicyclic amines) is 2. The fraction of sp³-hybridized carbons (Fsp3) is 0.765. The van der Waals surface area contributed by atoms with Gasteiger partial charge in [-0.05, 0) is 44.8 Å². The van der Waals surface area contributed by atoms with E-state index in [-0.39, 0.29) is 5.91 Å². The predicted molar refractivity (Wildman–Crippen MR) is 93.6 cm³/mol. The second-order valence-corrected chi connectivity index (χ2v) is 7.78. The van der Waals surface area contributed by atoms with Gasteiger partial charge in [0.25, 0.3) is 0 Å². The maximum atomic E-state index is 11.4. The molecule has 3 rings (SSSR count). The molecular weight excluding hydrogens is 308 g/mol. The molecule has 128 valence electrons. The highest BCUT2D eigenvalue weighted by Gasteiger charge is 2.25. The Labute approximate surface area is 143 Å². The largest absolute Gasteiger partial charge is 0.359 e. The zero-order chi connectivity index (χ0) is 16.1. The van der Waals surface area contributed by atoms with Crippen molar-refractivity contribution in [3.8, 4) is 0 Å². The lowest BCUT2D eigenvalue weighted by Crippen LogP contribution is -2.35. The first-order valence-electron chi connectivity index (χ1n) is 8.81. The first-order chi connectivity index (χ1) is 11.2. The van der Waals surface area contributed by atoms with Crippen LogP contribution in [0.2, 0.25) is 0 Å². The molecule has 0 saturated carbocycles. The van der Waals surface area contributed by atoms with Crippen LogP contribution in [0.25, 0.3) is 0 Å². The highest BCUT2D eigenvalue weighted by Crippen LogP contribution is 2.22. The number of likely N-dealkylation sites (N-methyl/N-ethyl adjacent to an activating group) is 1. The topological polar surface area (TPSA) is 48.5 Å². The lowest BCUT2D eigenvalue weighted by Gasteiger charge is -2.29. The molecule has 3 heterocycles. The van der Waals surface area contributed by atoms with Crippen molar-refractivity contribution in [3.05, 3.63) is 16.1 Å². The molecule has 1 atom stereocenters. The van der Waals surface area contributed by atoms with Crippen molar-refractivity contribution in [2.75, 3.05) is 39.8 Å². The molecule has 0 spiro atoms. The Morgan fingerprint density at radius 2 is 2.13 bits per heavy atom. The minimum Gasteiger partial charge on any atom is -0.359 e. The van der Waals surface area contributed by atoms with Gasteiger partial charge in [0.2, 0.25) is 5.91 Å². The van der Waals surface area contributed by atoms with Crippen LogP contribution in [0.1, 0.15) is 36.4 Å². The molecule has 6 heteroatoms. The van der Waals surface area contributed by atoms with Gasteiger partial charge in [-0.3, -0.25) is 9.69 Å². The Kier molecular flexibility index (Phi) is 6.02. The number of aromatic nitrogens is 1. The number of thiazole rings is 1. The maximum Gasteiger partial charge on any atom is 0.226 e. The molecule has 1 amide bonds. The van der Waals surface area contributed by atoms with Crippen molar-refractivity contribution in [2.24, 2.45) is 5.92 Å². The van der Waals surface area contributed by atoms with E-state index in [2.05, 4.69) is 25.5 Å². The summed E-state index contributed by atoms with van der Waals surface area (Å²) >= 11 is 1.60. The molecular formula is C17H28N4OS. The van der Waals surface area contributed by atoms with E-state index in [9.17, 15) is 4.79 Å². The molecule has 0 radical (unpaired) electrons. The normalized spacial score (nSPS) is 23.3. The average molecular weight is 337 g/mol. The molecule has 5 nitrogen and oxygen atoms in total. The summed E-state index contributed by atoms with van der Waals surface area (Å²) in [5, 5.41) is 5.68. The molecule has 0 unspecified atom stereocenters. The highest BCUT2D eigenvalue weighted by molar-refractivity contribution is 7.09. The summed E-state index contributed by atoms with van der Waals surface area (Å²) in [5.74, 6) is 0.853. The minimum absolute atomic E-state index is 0.0358. The van der Waals surface area contributed by atoms with Crippen molar-refractivity contribution in [3.63, 3.8) is 0 Å². The van der Waals surface area contributed by atoms with Gasteiger partial charge >= 0.3 is 0 Å². The van der Waals surface area contributed by atoms with Gasteiger partial charge in [0.15, 0.2) is 0 Å². The fourth-order valence-corrected chi connectivity index (χ4v) is 4.45. The van der Waals surface area contributed by atoms with Gasteiger partial charge in [-0.15, -0.1) is 11.3 Å². The predicted octanol–water partition coefficient (Wildman–Crippen LogP) is 1.74. The zero-order valence-corrected chi connectivity index (χ0v) is 14.9. The first kappa shape index (κ1) is 16.9. The molecule has 2 fully saturated rings. The molecule has 2 aliphatic heterocycles. The quantitative estimate of drug-likeness (QED) is 0.860. The number of hydrogen-bond donors (Lipinski definition) is 1. The Balaban J connectivity index is 1.43. The third kappa shape index (κ3) is 4.99. The molecule has 1 N–H and O–H groups in total. The van der Waals surface area contributed by atoms with Gasteiger partial charge in [-0.25, -0.2) is 4.98 Å². The van der Waals surface area contributed by atoms with Crippen LogP contribution in [-0.2, 0) is 17.8 Å². The molecule has 1 aromatic heterocycles. The Bertz CT molecular complexity index is 512. The van der Waals surface area contributed by atoms with E-state index in [0.29, 0.717) is 6.42 Å². The number of piperidine rings is 1. The Morgan fingerprint density at radius 1 is 1.30 bits per heavy atom. The zero-order valence-electron chi connectivity index (χ0n) is 14.1. The highest BCUT2D eigenvalue weighted by atomic mass is 32.1. The van der Waals surface area contributed by atoms with E-state index in [1.165, 1.54) is 58.4 Å². The maximum absolute atomic E-state index is 11.4. The third-order valence-electron chi connectivity index (χ3n) is 4.91. The van der Waals surface area contributed by atoms with E-state index < -0.39 is 0 Å². The van der Waals surface area contributed by atoms with Crippen LogP contribution in [-0.4, -0.2) is 60.5 Å². The van der Waals surface area contributed by atoms with Crippen molar-refractivity contribution < 1.29 is 4.79 Å². The minimum atomic E-state index is 0.0358.